The van der Waals surface area contributed by atoms with Gasteiger partial charge in [0.15, 0.2) is 11.3 Å². The number of nitrogens with two attached hydrogens (primary N) is 2. The van der Waals surface area contributed by atoms with Crippen LogP contribution in [0.1, 0.15) is 23.2 Å². The minimum atomic E-state index is -2.32. The summed E-state index contributed by atoms with van der Waals surface area (Å²) in [6, 6.07) is 6.59. The Morgan fingerprint density at radius 2 is 2.00 bits per heavy atom. The Balaban J connectivity index is 3.25. The van der Waals surface area contributed by atoms with E-state index in [0.717, 1.165) is 0 Å². The molecule has 1 aromatic rings. The zero-order chi connectivity index (χ0) is 15.9. The van der Waals surface area contributed by atoms with Gasteiger partial charge in [0.25, 0.3) is 0 Å². The van der Waals surface area contributed by atoms with Crippen LogP contribution in [0.4, 0.5) is 0 Å². The lowest BCUT2D eigenvalue weighted by Gasteiger charge is -2.29. The molecule has 1 aromatic carbocycles. The summed E-state index contributed by atoms with van der Waals surface area (Å²) >= 11 is 0. The second kappa shape index (κ2) is 7.39. The van der Waals surface area contributed by atoms with E-state index in [9.17, 15) is 14.7 Å². The van der Waals surface area contributed by atoms with Crippen LogP contribution >= 0.6 is 0 Å². The van der Waals surface area contributed by atoms with Crippen LogP contribution in [0.5, 0.6) is 0 Å². The van der Waals surface area contributed by atoms with Gasteiger partial charge in [-0.15, -0.1) is 0 Å². The van der Waals surface area contributed by atoms with E-state index in [1.165, 1.54) is 12.1 Å². The maximum Gasteiger partial charge on any atom is 0.332 e. The van der Waals surface area contributed by atoms with Gasteiger partial charge in [0.2, 0.25) is 0 Å². The number of carbonyl (C=O) groups excluding carboxylic acids is 1. The molecule has 0 spiro atoms. The number of rotatable bonds is 8. The van der Waals surface area contributed by atoms with E-state index in [-0.39, 0.29) is 18.5 Å². The lowest BCUT2D eigenvalue weighted by Crippen LogP contribution is -2.62. The van der Waals surface area contributed by atoms with Crippen LogP contribution in [-0.2, 0) is 4.79 Å². The Labute approximate surface area is 121 Å². The summed E-state index contributed by atoms with van der Waals surface area (Å²) in [5, 5.41) is 12.8. The highest BCUT2D eigenvalue weighted by atomic mass is 16.4. The smallest absolute Gasteiger partial charge is 0.332 e. The summed E-state index contributed by atoms with van der Waals surface area (Å²) in [7, 11) is 0. The molecule has 0 aliphatic heterocycles. The van der Waals surface area contributed by atoms with Gasteiger partial charge in [-0.05, 0) is 24.9 Å². The lowest BCUT2D eigenvalue weighted by atomic mass is 9.81. The van der Waals surface area contributed by atoms with Gasteiger partial charge >= 0.3 is 5.97 Å². The van der Waals surface area contributed by atoms with Gasteiger partial charge in [-0.1, -0.05) is 35.4 Å². The molecular weight excluding hydrogens is 274 g/mol. The average molecular weight is 291 g/mol. The van der Waals surface area contributed by atoms with E-state index in [0.29, 0.717) is 6.42 Å². The normalized spacial score (nSPS) is 14.6. The first-order chi connectivity index (χ1) is 9.98. The monoisotopic (exact) mass is 291 g/mol. The van der Waals surface area contributed by atoms with Crippen molar-refractivity contribution in [2.75, 3.05) is 6.54 Å². The van der Waals surface area contributed by atoms with Gasteiger partial charge in [-0.2, -0.15) is 0 Å². The summed E-state index contributed by atoms with van der Waals surface area (Å²) in [4.78, 5) is 26.6. The molecule has 0 bridgehead atoms. The Morgan fingerprint density at radius 3 is 2.48 bits per heavy atom. The quantitative estimate of drug-likeness (QED) is 0.215. The van der Waals surface area contributed by atoms with Crippen molar-refractivity contribution in [3.63, 3.8) is 0 Å². The predicted octanol–water partition coefficient (Wildman–Crippen LogP) is 1.07. The van der Waals surface area contributed by atoms with Crippen molar-refractivity contribution in [1.82, 2.24) is 0 Å². The highest BCUT2D eigenvalue weighted by Crippen LogP contribution is 2.22. The molecule has 0 amide bonds. The fraction of sp³-hybridized carbons (Fsp3) is 0.385. The van der Waals surface area contributed by atoms with Crippen molar-refractivity contribution in [1.29, 1.82) is 0 Å². The maximum absolute atomic E-state index is 12.5. The second-order valence-corrected chi connectivity index (χ2v) is 4.52. The van der Waals surface area contributed by atoms with Crippen LogP contribution in [0.2, 0.25) is 0 Å². The molecular formula is C13H17N5O3. The average Bonchev–Trinajstić information content (AvgIpc) is 2.50. The molecule has 1 rings (SSSR count). The van der Waals surface area contributed by atoms with Crippen LogP contribution in [0, 0.1) is 0 Å². The minimum absolute atomic E-state index is 0.113. The van der Waals surface area contributed by atoms with Gasteiger partial charge < -0.3 is 16.6 Å². The van der Waals surface area contributed by atoms with Crippen molar-refractivity contribution in [2.24, 2.45) is 16.6 Å². The van der Waals surface area contributed by atoms with Crippen molar-refractivity contribution in [3.8, 4) is 0 Å². The third-order valence-electron chi connectivity index (χ3n) is 3.16. The third kappa shape index (κ3) is 3.57. The Morgan fingerprint density at radius 1 is 1.38 bits per heavy atom. The molecule has 0 aromatic heterocycles. The SMILES string of the molecule is [N-]=[N+]=NC(CCCN)[C@@](N)(C(=O)O)C(=O)c1ccccc1. The standard InChI is InChI=1S/C13H17N5O3/c14-8-4-7-10(17-18-16)13(15,12(20)21)11(19)9-5-2-1-3-6-9/h1-3,5-6,10H,4,7-8,14-15H2,(H,20,21)/t10?,13-/m0/s1. The zero-order valence-electron chi connectivity index (χ0n) is 11.3. The molecule has 0 aliphatic rings. The molecule has 0 fully saturated rings. The highest BCUT2D eigenvalue weighted by Gasteiger charge is 2.48. The van der Waals surface area contributed by atoms with Crippen molar-refractivity contribution < 1.29 is 14.7 Å². The van der Waals surface area contributed by atoms with Crippen molar-refractivity contribution in [2.45, 2.75) is 24.4 Å². The Hall–Kier alpha value is -2.41. The summed E-state index contributed by atoms with van der Waals surface area (Å²) in [6.45, 7) is 0.271. The summed E-state index contributed by atoms with van der Waals surface area (Å²) in [6.07, 6.45) is 0.500. The largest absolute Gasteiger partial charge is 0.480 e. The molecule has 2 atom stereocenters. The molecule has 1 unspecified atom stereocenters. The maximum atomic E-state index is 12.5. The van der Waals surface area contributed by atoms with E-state index < -0.39 is 23.3 Å². The number of aliphatic carboxylic acids is 1. The van der Waals surface area contributed by atoms with Crippen molar-refractivity contribution >= 4 is 11.8 Å². The van der Waals surface area contributed by atoms with E-state index in [1.807, 2.05) is 0 Å². The Bertz CT molecular complexity index is 556. The Kier molecular flexibility index (Phi) is 5.86. The number of carboxylic acids is 1. The predicted molar refractivity (Wildman–Crippen MR) is 76.5 cm³/mol. The number of benzene rings is 1. The van der Waals surface area contributed by atoms with Crippen LogP contribution in [-0.4, -0.2) is 35.0 Å². The number of nitrogens with zero attached hydrogens (tertiary/aromatic N) is 3. The fourth-order valence-electron chi connectivity index (χ4n) is 1.97. The molecule has 8 heteroatoms. The molecule has 0 aliphatic carbocycles. The van der Waals surface area contributed by atoms with Gasteiger partial charge in [-0.3, -0.25) is 4.79 Å². The summed E-state index contributed by atoms with van der Waals surface area (Å²) in [5.74, 6) is -2.34. The number of hydrogen-bond donors (Lipinski definition) is 3. The molecule has 112 valence electrons. The zero-order valence-corrected chi connectivity index (χ0v) is 11.3. The van der Waals surface area contributed by atoms with E-state index in [2.05, 4.69) is 10.0 Å². The molecule has 0 heterocycles. The van der Waals surface area contributed by atoms with E-state index in [4.69, 9.17) is 17.0 Å². The molecule has 0 radical (unpaired) electrons. The molecule has 21 heavy (non-hydrogen) atoms. The van der Waals surface area contributed by atoms with Gasteiger partial charge in [-0.25, -0.2) is 4.79 Å². The number of Topliss-reactive ketones (excluding diaryl/α,β-unsaturated/α-hetero) is 1. The number of hydrogen-bond acceptors (Lipinski definition) is 5. The summed E-state index contributed by atoms with van der Waals surface area (Å²) in [5.41, 5.74) is 17.6. The molecule has 0 saturated heterocycles. The molecule has 8 nitrogen and oxygen atoms in total. The fourth-order valence-corrected chi connectivity index (χ4v) is 1.97. The second-order valence-electron chi connectivity index (χ2n) is 4.52. The number of carbonyl (C=O) groups is 2. The van der Waals surface area contributed by atoms with Crippen LogP contribution < -0.4 is 11.5 Å². The molecule has 0 saturated carbocycles. The lowest BCUT2D eigenvalue weighted by molar-refractivity contribution is -0.142. The van der Waals surface area contributed by atoms with E-state index in [1.54, 1.807) is 18.2 Å². The number of azide groups is 1. The van der Waals surface area contributed by atoms with Gasteiger partial charge in [0.1, 0.15) is 0 Å². The van der Waals surface area contributed by atoms with Crippen LogP contribution in [0.3, 0.4) is 0 Å². The molecule has 5 N–H and O–H groups in total. The summed E-state index contributed by atoms with van der Waals surface area (Å²) < 4.78 is 0. The first-order valence-electron chi connectivity index (χ1n) is 6.34. The van der Waals surface area contributed by atoms with Crippen LogP contribution in [0.15, 0.2) is 35.4 Å². The first kappa shape index (κ1) is 16.6. The van der Waals surface area contributed by atoms with Crippen molar-refractivity contribution in [3.05, 3.63) is 46.3 Å². The first-order valence-corrected chi connectivity index (χ1v) is 6.34. The van der Waals surface area contributed by atoms with Gasteiger partial charge in [0, 0.05) is 10.5 Å². The number of carboxylic acid groups (broad SMARTS) is 1. The van der Waals surface area contributed by atoms with Gasteiger partial charge in [0.05, 0.1) is 6.04 Å². The minimum Gasteiger partial charge on any atom is -0.480 e. The highest BCUT2D eigenvalue weighted by molar-refractivity contribution is 6.16. The van der Waals surface area contributed by atoms with E-state index >= 15 is 0 Å². The topological polar surface area (TPSA) is 155 Å². The van der Waals surface area contributed by atoms with Crippen LogP contribution in [0.25, 0.3) is 10.4 Å². The third-order valence-corrected chi connectivity index (χ3v) is 3.16. The number of ketones is 1.